The summed E-state index contributed by atoms with van der Waals surface area (Å²) in [6.07, 6.45) is 1.68. The normalized spacial score (nSPS) is 14.6. The van der Waals surface area contributed by atoms with Crippen LogP contribution in [0.25, 0.3) is 16.8 Å². The molecule has 1 heterocycles. The van der Waals surface area contributed by atoms with E-state index in [0.29, 0.717) is 37.6 Å². The molecule has 0 unspecified atom stereocenters. The highest BCUT2D eigenvalue weighted by Crippen LogP contribution is 2.36. The monoisotopic (exact) mass is 549 g/mol. The number of thioether (sulfide) groups is 1. The number of imide groups is 1. The Balaban J connectivity index is 1.37. The van der Waals surface area contributed by atoms with E-state index in [0.717, 1.165) is 28.1 Å². The molecule has 1 fully saturated rings. The predicted octanol–water partition coefficient (Wildman–Crippen LogP) is 7.97. The maximum Gasteiger partial charge on any atom is 0.293 e. The number of fused-ring (bicyclic) bond motifs is 1. The zero-order chi connectivity index (χ0) is 25.9. The molecule has 0 N–H and O–H groups in total. The Kier molecular flexibility index (Phi) is 7.42. The molecule has 5 rings (SSSR count). The van der Waals surface area contributed by atoms with Gasteiger partial charge < -0.3 is 9.47 Å². The van der Waals surface area contributed by atoms with Gasteiger partial charge in [-0.15, -0.1) is 0 Å². The average Bonchev–Trinajstić information content (AvgIpc) is 3.16. The van der Waals surface area contributed by atoms with Gasteiger partial charge in [-0.1, -0.05) is 77.8 Å². The minimum absolute atomic E-state index is 0.139. The number of amides is 2. The molecule has 4 aromatic carbocycles. The zero-order valence-corrected chi connectivity index (χ0v) is 22.1. The molecule has 1 saturated heterocycles. The fraction of sp³-hybridized carbons (Fsp3) is 0.103. The first-order chi connectivity index (χ1) is 17.9. The van der Waals surface area contributed by atoms with Crippen LogP contribution in [-0.4, -0.2) is 23.2 Å². The molecule has 0 saturated carbocycles. The summed E-state index contributed by atoms with van der Waals surface area (Å²) in [5.74, 6) is 0.649. The Hall–Kier alpha value is -3.45. The number of hydrogen-bond donors (Lipinski definition) is 0. The Bertz CT molecular complexity index is 1530. The quantitative estimate of drug-likeness (QED) is 0.219. The van der Waals surface area contributed by atoms with Crippen molar-refractivity contribution in [1.82, 2.24) is 4.90 Å². The zero-order valence-electron chi connectivity index (χ0n) is 19.7. The third-order valence-electron chi connectivity index (χ3n) is 6.00. The van der Waals surface area contributed by atoms with Crippen molar-refractivity contribution in [3.63, 3.8) is 0 Å². The summed E-state index contributed by atoms with van der Waals surface area (Å²) in [4.78, 5) is 27.6. The topological polar surface area (TPSA) is 55.8 Å². The van der Waals surface area contributed by atoms with Crippen molar-refractivity contribution in [3.8, 4) is 11.5 Å². The summed E-state index contributed by atoms with van der Waals surface area (Å²) in [5, 5.41) is 2.78. The number of carbonyl (C=O) groups excluding carboxylic acids is 2. The lowest BCUT2D eigenvalue weighted by Crippen LogP contribution is -2.27. The van der Waals surface area contributed by atoms with E-state index in [9.17, 15) is 9.59 Å². The van der Waals surface area contributed by atoms with Crippen LogP contribution in [0.2, 0.25) is 10.0 Å². The van der Waals surface area contributed by atoms with Crippen molar-refractivity contribution in [2.24, 2.45) is 0 Å². The molecule has 0 aliphatic carbocycles. The van der Waals surface area contributed by atoms with E-state index in [-0.39, 0.29) is 24.3 Å². The van der Waals surface area contributed by atoms with E-state index >= 15 is 0 Å². The summed E-state index contributed by atoms with van der Waals surface area (Å²) in [7, 11) is 1.54. The van der Waals surface area contributed by atoms with Crippen molar-refractivity contribution in [3.05, 3.63) is 111 Å². The van der Waals surface area contributed by atoms with Crippen LogP contribution in [0.15, 0.2) is 83.8 Å². The SMILES string of the molecule is COc1ccc(/C=C2\SC(=O)N(Cc3cccc4ccccc34)C2=O)cc1OCc1c(Cl)cccc1Cl. The second-order valence-corrected chi connectivity index (χ2v) is 10.1. The van der Waals surface area contributed by atoms with E-state index in [4.69, 9.17) is 32.7 Å². The molecule has 0 radical (unpaired) electrons. The summed E-state index contributed by atoms with van der Waals surface area (Å²) < 4.78 is 11.4. The van der Waals surface area contributed by atoms with Crippen molar-refractivity contribution in [2.45, 2.75) is 13.2 Å². The molecule has 5 nitrogen and oxygen atoms in total. The molecule has 2 amide bonds. The van der Waals surface area contributed by atoms with Gasteiger partial charge in [0.15, 0.2) is 11.5 Å². The van der Waals surface area contributed by atoms with Gasteiger partial charge in [0.05, 0.1) is 18.6 Å². The molecule has 4 aromatic rings. The first kappa shape index (κ1) is 25.2. The van der Waals surface area contributed by atoms with Crippen molar-refractivity contribution < 1.29 is 19.1 Å². The van der Waals surface area contributed by atoms with Gasteiger partial charge in [0.25, 0.3) is 11.1 Å². The molecule has 8 heteroatoms. The first-order valence-electron chi connectivity index (χ1n) is 11.4. The molecule has 1 aliphatic rings. The van der Waals surface area contributed by atoms with Gasteiger partial charge in [-0.05, 0) is 64.0 Å². The fourth-order valence-corrected chi connectivity index (χ4v) is 5.45. The number of nitrogens with zero attached hydrogens (tertiary/aromatic N) is 1. The largest absolute Gasteiger partial charge is 0.493 e. The van der Waals surface area contributed by atoms with Gasteiger partial charge in [-0.3, -0.25) is 14.5 Å². The van der Waals surface area contributed by atoms with Gasteiger partial charge >= 0.3 is 0 Å². The number of rotatable bonds is 7. The van der Waals surface area contributed by atoms with Gasteiger partial charge in [-0.25, -0.2) is 0 Å². The second-order valence-electron chi connectivity index (χ2n) is 8.31. The first-order valence-corrected chi connectivity index (χ1v) is 13.0. The number of halogens is 2. The van der Waals surface area contributed by atoms with Crippen LogP contribution in [0.5, 0.6) is 11.5 Å². The van der Waals surface area contributed by atoms with E-state index < -0.39 is 0 Å². The van der Waals surface area contributed by atoms with Crippen LogP contribution in [0.3, 0.4) is 0 Å². The molecule has 186 valence electrons. The standard InChI is InChI=1S/C29H21Cl2NO4S/c1-35-25-13-12-18(14-26(25)36-17-22-23(30)10-5-11-24(22)31)15-27-28(33)32(29(34)37-27)16-20-8-4-7-19-6-2-3-9-21(19)20/h2-15H,16-17H2,1H3/b27-15-. The summed E-state index contributed by atoms with van der Waals surface area (Å²) in [5.41, 5.74) is 2.27. The molecule has 1 aliphatic heterocycles. The molecule has 0 atom stereocenters. The number of benzene rings is 4. The third-order valence-corrected chi connectivity index (χ3v) is 7.62. The van der Waals surface area contributed by atoms with Gasteiger partial charge in [0.1, 0.15) is 6.61 Å². The molecular weight excluding hydrogens is 529 g/mol. The van der Waals surface area contributed by atoms with E-state index in [2.05, 4.69) is 0 Å². The van der Waals surface area contributed by atoms with E-state index in [1.165, 1.54) is 4.90 Å². The van der Waals surface area contributed by atoms with Gasteiger partial charge in [0, 0.05) is 15.6 Å². The summed E-state index contributed by atoms with van der Waals surface area (Å²) in [6, 6.07) is 24.3. The summed E-state index contributed by atoms with van der Waals surface area (Å²) in [6.45, 7) is 0.346. The van der Waals surface area contributed by atoms with E-state index in [1.54, 1.807) is 49.6 Å². The lowest BCUT2D eigenvalue weighted by molar-refractivity contribution is -0.123. The predicted molar refractivity (Wildman–Crippen MR) is 149 cm³/mol. The van der Waals surface area contributed by atoms with Crippen LogP contribution < -0.4 is 9.47 Å². The number of hydrogen-bond acceptors (Lipinski definition) is 5. The average molecular weight is 550 g/mol. The smallest absolute Gasteiger partial charge is 0.293 e. The maximum absolute atomic E-state index is 13.2. The Morgan fingerprint density at radius 1 is 0.892 bits per heavy atom. The lowest BCUT2D eigenvalue weighted by atomic mass is 10.0. The van der Waals surface area contributed by atoms with Crippen LogP contribution >= 0.6 is 35.0 Å². The molecule has 0 bridgehead atoms. The minimum atomic E-state index is -0.330. The number of ether oxygens (including phenoxy) is 2. The third kappa shape index (κ3) is 5.32. The molecular formula is C29H21Cl2NO4S. The Labute approximate surface area is 228 Å². The second kappa shape index (κ2) is 10.9. The number of methoxy groups -OCH3 is 1. The minimum Gasteiger partial charge on any atom is -0.493 e. The molecule has 0 spiro atoms. The highest BCUT2D eigenvalue weighted by Gasteiger charge is 2.35. The Morgan fingerprint density at radius 3 is 2.41 bits per heavy atom. The van der Waals surface area contributed by atoms with Crippen LogP contribution in [0.4, 0.5) is 4.79 Å². The van der Waals surface area contributed by atoms with Gasteiger partial charge in [0.2, 0.25) is 0 Å². The van der Waals surface area contributed by atoms with Crippen molar-refractivity contribution >= 4 is 63.0 Å². The highest BCUT2D eigenvalue weighted by molar-refractivity contribution is 8.18. The fourth-order valence-electron chi connectivity index (χ4n) is 4.10. The van der Waals surface area contributed by atoms with Crippen LogP contribution in [-0.2, 0) is 17.9 Å². The van der Waals surface area contributed by atoms with Crippen molar-refractivity contribution in [1.29, 1.82) is 0 Å². The molecule has 37 heavy (non-hydrogen) atoms. The number of carbonyl (C=O) groups is 2. The highest BCUT2D eigenvalue weighted by atomic mass is 35.5. The molecule has 0 aromatic heterocycles. The Morgan fingerprint density at radius 2 is 1.62 bits per heavy atom. The van der Waals surface area contributed by atoms with Crippen LogP contribution in [0.1, 0.15) is 16.7 Å². The van der Waals surface area contributed by atoms with Gasteiger partial charge in [-0.2, -0.15) is 0 Å². The van der Waals surface area contributed by atoms with E-state index in [1.807, 2.05) is 42.5 Å². The van der Waals surface area contributed by atoms with Crippen LogP contribution in [0, 0.1) is 0 Å². The maximum atomic E-state index is 13.2. The lowest BCUT2D eigenvalue weighted by Gasteiger charge is -2.14. The summed E-state index contributed by atoms with van der Waals surface area (Å²) >= 11 is 13.5. The van der Waals surface area contributed by atoms with Crippen molar-refractivity contribution in [2.75, 3.05) is 7.11 Å².